The first-order valence-corrected chi connectivity index (χ1v) is 23.8. The van der Waals surface area contributed by atoms with E-state index in [9.17, 15) is 10.2 Å². The molecule has 358 valence electrons. The molecule has 0 unspecified atom stereocenters. The second-order valence-corrected chi connectivity index (χ2v) is 23.3. The number of nitrogens with zero attached hydrogens (tertiary/aromatic N) is 2. The Bertz CT molecular complexity index is 2320. The van der Waals surface area contributed by atoms with Crippen LogP contribution in [0.3, 0.4) is 0 Å². The fourth-order valence-electron chi connectivity index (χ4n) is 8.41. The molecule has 1 aliphatic heterocycles. The Hall–Kier alpha value is -4.09. The van der Waals surface area contributed by atoms with E-state index in [1.807, 2.05) is 47.6 Å². The van der Waals surface area contributed by atoms with Crippen LogP contribution in [0, 0.1) is 0 Å². The number of aliphatic imine (C=N–C) groups is 2. The number of ether oxygens (including phenoxy) is 2. The summed E-state index contributed by atoms with van der Waals surface area (Å²) in [6.07, 6.45) is 1.98. The molecule has 6 nitrogen and oxygen atoms in total. The average Bonchev–Trinajstić information content (AvgIpc) is 3.15. The van der Waals surface area contributed by atoms with Crippen LogP contribution in [-0.4, -0.2) is 11.4 Å². The van der Waals surface area contributed by atoms with Gasteiger partial charge < -0.3 is 19.7 Å². The van der Waals surface area contributed by atoms with E-state index < -0.39 is 22.3 Å². The van der Waals surface area contributed by atoms with Gasteiger partial charge in [-0.3, -0.25) is 9.98 Å². The van der Waals surface area contributed by atoms with Crippen molar-refractivity contribution >= 4 is 22.8 Å². The van der Waals surface area contributed by atoms with Gasteiger partial charge in [0.15, 0.2) is 23.0 Å². The molecule has 0 radical (unpaired) electrons. The number of fused-ring (bicyclic) bond motifs is 2. The molecule has 5 rings (SSSR count). The van der Waals surface area contributed by atoms with Gasteiger partial charge in [-0.25, -0.2) is 0 Å². The quantitative estimate of drug-likeness (QED) is 0.109. The van der Waals surface area contributed by atoms with Gasteiger partial charge in [0, 0.05) is 5.56 Å². The van der Waals surface area contributed by atoms with E-state index in [2.05, 4.69) is 153 Å². The fraction of sp³-hybridized carbons (Fsp3) is 0.552. The van der Waals surface area contributed by atoms with Crippen molar-refractivity contribution in [1.29, 1.82) is 0 Å². The van der Waals surface area contributed by atoms with E-state index in [0.29, 0.717) is 57.8 Å². The first kappa shape index (κ1) is 55.2. The molecule has 4 aromatic carbocycles. The zero-order valence-corrected chi connectivity index (χ0v) is 45.2. The summed E-state index contributed by atoms with van der Waals surface area (Å²) in [7, 11) is 0. The van der Waals surface area contributed by atoms with Crippen molar-refractivity contribution in [2.75, 3.05) is 0 Å². The molecule has 0 saturated heterocycles. The van der Waals surface area contributed by atoms with Crippen molar-refractivity contribution in [2.24, 2.45) is 9.98 Å². The smallest absolute Gasteiger partial charge is 0.873 e. The van der Waals surface area contributed by atoms with Gasteiger partial charge in [-0.1, -0.05) is 194 Å². The molecule has 0 aliphatic carbocycles. The second-order valence-electron chi connectivity index (χ2n) is 23.3. The number of hydrogen-bond acceptors (Lipinski definition) is 6. The molecule has 7 heteroatoms. The molecule has 1 heterocycles. The SMILES string of the molecule is CC(C)(C)c1cc2c(c(C(C)(C)C)c1)Oc1c(c(C(C)(C)C)c([O-])c([O-])c1C(C)(C)C)O2.CCCC(=Nc1c(C(C)C)cccc1C(C)C)C(C)=Nc1c(C(C)C)cccc1C(C)C.[Ni+2]. The van der Waals surface area contributed by atoms with Crippen LogP contribution < -0.4 is 19.7 Å². The summed E-state index contributed by atoms with van der Waals surface area (Å²) in [5.41, 5.74) is 11.1. The Morgan fingerprint density at radius 3 is 1.26 bits per heavy atom. The van der Waals surface area contributed by atoms with Crippen LogP contribution in [0.1, 0.15) is 233 Å². The first-order valence-electron chi connectivity index (χ1n) is 23.8. The zero-order valence-electron chi connectivity index (χ0n) is 44.2. The molecule has 0 fully saturated rings. The Morgan fingerprint density at radius 1 is 0.538 bits per heavy atom. The minimum atomic E-state index is -0.579. The summed E-state index contributed by atoms with van der Waals surface area (Å²) in [6.45, 7) is 46.8. The summed E-state index contributed by atoms with van der Waals surface area (Å²) in [4.78, 5) is 10.6. The molecular formula is C58H82N2NiO4. The summed E-state index contributed by atoms with van der Waals surface area (Å²) in [5, 5.41) is 26.6. The minimum Gasteiger partial charge on any atom is -0.873 e. The minimum absolute atomic E-state index is 0. The molecule has 0 aromatic heterocycles. The molecule has 4 aromatic rings. The molecule has 0 bridgehead atoms. The summed E-state index contributed by atoms with van der Waals surface area (Å²) in [6, 6.07) is 17.5. The predicted molar refractivity (Wildman–Crippen MR) is 271 cm³/mol. The van der Waals surface area contributed by atoms with Gasteiger partial charge in [0.1, 0.15) is 0 Å². The van der Waals surface area contributed by atoms with Gasteiger partial charge in [0.25, 0.3) is 0 Å². The fourth-order valence-corrected chi connectivity index (χ4v) is 8.41. The first-order chi connectivity index (χ1) is 29.3. The second kappa shape index (κ2) is 20.8. The Labute approximate surface area is 405 Å². The maximum absolute atomic E-state index is 13.3. The van der Waals surface area contributed by atoms with Crippen LogP contribution in [-0.2, 0) is 38.2 Å². The molecule has 0 amide bonds. The van der Waals surface area contributed by atoms with Crippen LogP contribution in [0.2, 0.25) is 0 Å². The van der Waals surface area contributed by atoms with Gasteiger partial charge in [-0.15, -0.1) is 11.5 Å². The number of para-hydroxylation sites is 2. The van der Waals surface area contributed by atoms with Gasteiger partial charge >= 0.3 is 16.5 Å². The Morgan fingerprint density at radius 2 is 0.923 bits per heavy atom. The largest absolute Gasteiger partial charge is 2.00 e. The predicted octanol–water partition coefficient (Wildman–Crippen LogP) is 16.8. The van der Waals surface area contributed by atoms with Crippen LogP contribution >= 0.6 is 0 Å². The average molecular weight is 930 g/mol. The van der Waals surface area contributed by atoms with E-state index in [1.54, 1.807) is 0 Å². The maximum atomic E-state index is 13.3. The van der Waals surface area contributed by atoms with Crippen LogP contribution in [0.4, 0.5) is 11.4 Å². The van der Waals surface area contributed by atoms with Gasteiger partial charge in [-0.05, 0) is 104 Å². The van der Waals surface area contributed by atoms with Crippen molar-refractivity contribution in [1.82, 2.24) is 0 Å². The Kier molecular flexibility index (Phi) is 17.7. The third kappa shape index (κ3) is 12.5. The van der Waals surface area contributed by atoms with E-state index >= 15 is 0 Å². The van der Waals surface area contributed by atoms with Gasteiger partial charge in [0.2, 0.25) is 0 Å². The zero-order chi connectivity index (χ0) is 48.6. The summed E-state index contributed by atoms with van der Waals surface area (Å²) in [5.74, 6) is 2.71. The van der Waals surface area contributed by atoms with E-state index in [0.717, 1.165) is 46.8 Å². The van der Waals surface area contributed by atoms with Crippen molar-refractivity contribution in [3.63, 3.8) is 0 Å². The van der Waals surface area contributed by atoms with Crippen LogP contribution in [0.25, 0.3) is 0 Å². The maximum Gasteiger partial charge on any atom is 2.00 e. The van der Waals surface area contributed by atoms with Crippen molar-refractivity contribution in [3.05, 3.63) is 93.0 Å². The molecule has 0 N–H and O–H groups in total. The van der Waals surface area contributed by atoms with Crippen molar-refractivity contribution < 1.29 is 36.2 Å². The monoisotopic (exact) mass is 929 g/mol. The number of rotatable bonds is 9. The molecule has 65 heavy (non-hydrogen) atoms. The van der Waals surface area contributed by atoms with Crippen LogP contribution in [0.5, 0.6) is 34.5 Å². The molecule has 0 spiro atoms. The third-order valence-corrected chi connectivity index (χ3v) is 12.1. The van der Waals surface area contributed by atoms with E-state index in [4.69, 9.17) is 19.5 Å². The van der Waals surface area contributed by atoms with E-state index in [1.165, 1.54) is 22.3 Å². The molecular weight excluding hydrogens is 847 g/mol. The topological polar surface area (TPSA) is 89.3 Å². The standard InChI is InChI=1S/C30H44N2.C28H40O4.Ni/c1-11-14-28(32-30-26(21(6)7)17-13-18-27(30)22(8)9)23(10)31-29-24(19(2)3)15-12-16-25(29)20(4)5;1-25(2,3)15-13-16(26(4,5)6)22-17(14-15)31-23-18(27(7,8)9)20(29)21(30)19(24(23)32-22)28(10,11)12;/h12-13,15-22H,11,14H2,1-10H3;13-14,29-30H,1-12H3;/q;;+2/p-2. The van der Waals surface area contributed by atoms with Gasteiger partial charge in [-0.2, -0.15) is 0 Å². The van der Waals surface area contributed by atoms with Gasteiger partial charge in [0.05, 0.1) is 22.8 Å². The number of benzene rings is 4. The summed E-state index contributed by atoms with van der Waals surface area (Å²) >= 11 is 0. The number of hydrogen-bond donors (Lipinski definition) is 0. The third-order valence-electron chi connectivity index (χ3n) is 12.1. The molecule has 1 aliphatic rings. The van der Waals surface area contributed by atoms with Crippen molar-refractivity contribution in [2.45, 2.75) is 210 Å². The van der Waals surface area contributed by atoms with Crippen molar-refractivity contribution in [3.8, 4) is 34.5 Å². The van der Waals surface area contributed by atoms with Crippen LogP contribution in [0.15, 0.2) is 58.5 Å². The molecule has 0 saturated carbocycles. The molecule has 0 atom stereocenters. The normalized spacial score (nSPS) is 13.6. The van der Waals surface area contributed by atoms with E-state index in [-0.39, 0.29) is 27.3 Å². The Balaban J connectivity index is 0.000000340. The summed E-state index contributed by atoms with van der Waals surface area (Å²) < 4.78 is 13.1.